The summed E-state index contributed by atoms with van der Waals surface area (Å²) in [5.74, 6) is 1.87. The van der Waals surface area contributed by atoms with Gasteiger partial charge in [-0.05, 0) is 37.5 Å². The molecule has 1 aromatic heterocycles. The second-order valence-electron chi connectivity index (χ2n) is 10.9. The van der Waals surface area contributed by atoms with Gasteiger partial charge >= 0.3 is 0 Å². The molecule has 3 aliphatic rings. The number of hydrogen-bond donors (Lipinski definition) is 1. The highest BCUT2D eigenvalue weighted by molar-refractivity contribution is 5.24. The molecule has 5 heteroatoms. The quantitative estimate of drug-likeness (QED) is 0.729. The number of fused-ring (bicyclic) bond motifs is 1. The van der Waals surface area contributed by atoms with Crippen LogP contribution in [0.2, 0.25) is 0 Å². The Morgan fingerprint density at radius 1 is 1.21 bits per heavy atom. The molecule has 1 N–H and O–H groups in total. The third kappa shape index (κ3) is 4.06. The average molecular weight is 402 g/mol. The average Bonchev–Trinajstić information content (AvgIpc) is 3.31. The van der Waals surface area contributed by atoms with Crippen molar-refractivity contribution < 1.29 is 9.63 Å². The van der Waals surface area contributed by atoms with E-state index < -0.39 is 0 Å². The standard InChI is InChI=1S/C24H39N3O2/c1-17(2)22-9-20(25-29-22)12-26-10-19-11-27(15-24(19,14-26)16-28)13-21-18(3)7-6-8-23(21,4)5/h9,17,19,28H,6-8,10-16H2,1-5H3. The van der Waals surface area contributed by atoms with Crippen molar-refractivity contribution in [1.29, 1.82) is 0 Å². The van der Waals surface area contributed by atoms with E-state index in [0.717, 1.165) is 50.7 Å². The van der Waals surface area contributed by atoms with Crippen LogP contribution in [-0.4, -0.2) is 59.4 Å². The van der Waals surface area contributed by atoms with Crippen LogP contribution in [0.4, 0.5) is 0 Å². The van der Waals surface area contributed by atoms with Crippen molar-refractivity contribution in [3.05, 3.63) is 28.7 Å². The molecule has 0 amide bonds. The normalized spacial score (nSPS) is 30.5. The van der Waals surface area contributed by atoms with E-state index in [1.165, 1.54) is 19.3 Å². The summed E-state index contributed by atoms with van der Waals surface area (Å²) >= 11 is 0. The van der Waals surface area contributed by atoms with E-state index in [9.17, 15) is 5.11 Å². The van der Waals surface area contributed by atoms with Crippen LogP contribution in [0, 0.1) is 16.7 Å². The third-order valence-corrected chi connectivity index (χ3v) is 7.81. The summed E-state index contributed by atoms with van der Waals surface area (Å²) in [6.07, 6.45) is 3.87. The van der Waals surface area contributed by atoms with Gasteiger partial charge in [-0.25, -0.2) is 0 Å². The second kappa shape index (κ2) is 7.82. The van der Waals surface area contributed by atoms with E-state index in [1.807, 2.05) is 0 Å². The molecule has 1 aliphatic carbocycles. The van der Waals surface area contributed by atoms with Crippen molar-refractivity contribution in [2.75, 3.05) is 39.3 Å². The summed E-state index contributed by atoms with van der Waals surface area (Å²) in [5, 5.41) is 14.6. The molecule has 29 heavy (non-hydrogen) atoms. The Labute approximate surface area is 176 Å². The van der Waals surface area contributed by atoms with Crippen LogP contribution in [0.25, 0.3) is 0 Å². The van der Waals surface area contributed by atoms with E-state index in [4.69, 9.17) is 4.52 Å². The lowest BCUT2D eigenvalue weighted by Gasteiger charge is -2.37. The number of aliphatic hydroxyl groups excluding tert-OH is 1. The zero-order valence-corrected chi connectivity index (χ0v) is 19.0. The lowest BCUT2D eigenvalue weighted by Crippen LogP contribution is -2.38. The molecule has 0 spiro atoms. The Morgan fingerprint density at radius 2 is 1.90 bits per heavy atom. The first kappa shape index (κ1) is 21.1. The largest absolute Gasteiger partial charge is 0.396 e. The number of allylic oxidation sites excluding steroid dienone is 1. The van der Waals surface area contributed by atoms with Gasteiger partial charge in [-0.15, -0.1) is 0 Å². The predicted octanol–water partition coefficient (Wildman–Crippen LogP) is 4.05. The minimum Gasteiger partial charge on any atom is -0.396 e. The van der Waals surface area contributed by atoms with Crippen LogP contribution in [0.1, 0.15) is 71.3 Å². The number of hydrogen-bond acceptors (Lipinski definition) is 5. The predicted molar refractivity (Wildman–Crippen MR) is 116 cm³/mol. The zero-order valence-electron chi connectivity index (χ0n) is 19.0. The van der Waals surface area contributed by atoms with Gasteiger partial charge in [-0.1, -0.05) is 44.0 Å². The van der Waals surface area contributed by atoms with Crippen molar-refractivity contribution in [1.82, 2.24) is 15.0 Å². The summed E-state index contributed by atoms with van der Waals surface area (Å²) in [6, 6.07) is 2.09. The van der Waals surface area contributed by atoms with Gasteiger partial charge in [0.25, 0.3) is 0 Å². The molecule has 2 fully saturated rings. The highest BCUT2D eigenvalue weighted by atomic mass is 16.5. The fourth-order valence-electron chi connectivity index (χ4n) is 6.02. The highest BCUT2D eigenvalue weighted by Crippen LogP contribution is 2.45. The summed E-state index contributed by atoms with van der Waals surface area (Å²) in [7, 11) is 0. The van der Waals surface area contributed by atoms with Crippen LogP contribution in [0.5, 0.6) is 0 Å². The van der Waals surface area contributed by atoms with E-state index in [0.29, 0.717) is 17.3 Å². The highest BCUT2D eigenvalue weighted by Gasteiger charge is 2.52. The van der Waals surface area contributed by atoms with Crippen molar-refractivity contribution in [2.24, 2.45) is 16.7 Å². The smallest absolute Gasteiger partial charge is 0.139 e. The van der Waals surface area contributed by atoms with E-state index in [2.05, 4.69) is 55.6 Å². The minimum absolute atomic E-state index is 0.0118. The fourth-order valence-corrected chi connectivity index (χ4v) is 6.02. The molecule has 0 radical (unpaired) electrons. The molecule has 5 nitrogen and oxygen atoms in total. The van der Waals surface area contributed by atoms with E-state index in [-0.39, 0.29) is 12.0 Å². The zero-order chi connectivity index (χ0) is 20.8. The summed E-state index contributed by atoms with van der Waals surface area (Å²) in [5.41, 5.74) is 4.60. The molecular formula is C24H39N3O2. The number of nitrogens with zero attached hydrogens (tertiary/aromatic N) is 3. The van der Waals surface area contributed by atoms with Crippen LogP contribution < -0.4 is 0 Å². The maximum absolute atomic E-state index is 10.4. The molecular weight excluding hydrogens is 362 g/mol. The Balaban J connectivity index is 1.40. The maximum atomic E-state index is 10.4. The van der Waals surface area contributed by atoms with Crippen LogP contribution in [0.3, 0.4) is 0 Å². The third-order valence-electron chi connectivity index (χ3n) is 7.81. The van der Waals surface area contributed by atoms with E-state index >= 15 is 0 Å². The Bertz CT molecular complexity index is 766. The topological polar surface area (TPSA) is 52.7 Å². The van der Waals surface area contributed by atoms with Gasteiger partial charge in [0, 0.05) is 56.7 Å². The number of aliphatic hydroxyl groups is 1. The fraction of sp³-hybridized carbons (Fsp3) is 0.792. The second-order valence-corrected chi connectivity index (χ2v) is 10.9. The molecule has 2 unspecified atom stereocenters. The molecule has 2 saturated heterocycles. The van der Waals surface area contributed by atoms with Crippen molar-refractivity contribution in [2.45, 2.75) is 66.3 Å². The monoisotopic (exact) mass is 401 g/mol. The SMILES string of the molecule is CC1=C(CN2CC3CN(Cc4cc(C(C)C)on4)CC3(CO)C2)C(C)(C)CCC1. The van der Waals surface area contributed by atoms with Gasteiger partial charge in [0.15, 0.2) is 0 Å². The molecule has 4 rings (SSSR count). The molecule has 162 valence electrons. The van der Waals surface area contributed by atoms with Gasteiger partial charge in [-0.2, -0.15) is 0 Å². The molecule has 3 heterocycles. The lowest BCUT2D eigenvalue weighted by molar-refractivity contribution is 0.111. The van der Waals surface area contributed by atoms with Gasteiger partial charge in [0.2, 0.25) is 0 Å². The molecule has 2 atom stereocenters. The Morgan fingerprint density at radius 3 is 2.45 bits per heavy atom. The molecule has 0 aromatic carbocycles. The summed E-state index contributed by atoms with van der Waals surface area (Å²) < 4.78 is 5.47. The van der Waals surface area contributed by atoms with E-state index in [1.54, 1.807) is 11.1 Å². The van der Waals surface area contributed by atoms with Crippen molar-refractivity contribution in [3.63, 3.8) is 0 Å². The molecule has 2 aliphatic heterocycles. The molecule has 0 saturated carbocycles. The first-order chi connectivity index (χ1) is 13.7. The Hall–Kier alpha value is -1.17. The lowest BCUT2D eigenvalue weighted by atomic mass is 9.72. The molecule has 0 bridgehead atoms. The van der Waals surface area contributed by atoms with Gasteiger partial charge in [0.05, 0.1) is 12.3 Å². The summed E-state index contributed by atoms with van der Waals surface area (Å²) in [4.78, 5) is 5.09. The maximum Gasteiger partial charge on any atom is 0.139 e. The Kier molecular flexibility index (Phi) is 5.69. The number of rotatable bonds is 6. The first-order valence-electron chi connectivity index (χ1n) is 11.4. The van der Waals surface area contributed by atoms with Crippen LogP contribution in [-0.2, 0) is 6.54 Å². The van der Waals surface area contributed by atoms with Gasteiger partial charge < -0.3 is 9.63 Å². The molecule has 1 aromatic rings. The van der Waals surface area contributed by atoms with Crippen LogP contribution >= 0.6 is 0 Å². The summed E-state index contributed by atoms with van der Waals surface area (Å²) in [6.45, 7) is 17.7. The minimum atomic E-state index is 0.0118. The first-order valence-corrected chi connectivity index (χ1v) is 11.4. The number of aromatic nitrogens is 1. The van der Waals surface area contributed by atoms with Crippen LogP contribution in [0.15, 0.2) is 21.7 Å². The number of likely N-dealkylation sites (tertiary alicyclic amines) is 2. The van der Waals surface area contributed by atoms with Crippen molar-refractivity contribution in [3.8, 4) is 0 Å². The van der Waals surface area contributed by atoms with Gasteiger partial charge in [-0.3, -0.25) is 9.80 Å². The van der Waals surface area contributed by atoms with Gasteiger partial charge in [0.1, 0.15) is 5.76 Å². The van der Waals surface area contributed by atoms with Crippen molar-refractivity contribution >= 4 is 0 Å².